The molecule has 1 aliphatic heterocycles. The Morgan fingerprint density at radius 3 is 2.77 bits per heavy atom. The SMILES string of the molecule is CC(C)Cc1cc(C(=O)N2CCCC2c2cc(C(C)C)on2)nc(=O)[nH]1. The van der Waals surface area contributed by atoms with E-state index in [2.05, 4.69) is 29.0 Å². The van der Waals surface area contributed by atoms with Gasteiger partial charge in [0.25, 0.3) is 5.91 Å². The van der Waals surface area contributed by atoms with Gasteiger partial charge in [0.05, 0.1) is 6.04 Å². The molecule has 0 bridgehead atoms. The molecule has 1 atom stereocenters. The predicted molar refractivity (Wildman–Crippen MR) is 97.0 cm³/mol. The van der Waals surface area contributed by atoms with Crippen LogP contribution in [0.25, 0.3) is 0 Å². The Balaban J connectivity index is 1.86. The van der Waals surface area contributed by atoms with Crippen LogP contribution in [0.5, 0.6) is 0 Å². The first-order valence-electron chi connectivity index (χ1n) is 9.23. The van der Waals surface area contributed by atoms with Crippen LogP contribution in [0, 0.1) is 5.92 Å². The molecule has 3 rings (SSSR count). The standard InChI is InChI=1S/C19H26N4O3/c1-11(2)8-13-9-15(21-19(25)20-13)18(24)23-7-5-6-16(23)14-10-17(12(3)4)26-22-14/h9-12,16H,5-8H2,1-4H3,(H,20,21,25). The molecule has 7 nitrogen and oxygen atoms in total. The lowest BCUT2D eigenvalue weighted by molar-refractivity contribution is 0.0724. The van der Waals surface area contributed by atoms with Gasteiger partial charge in [-0.25, -0.2) is 4.79 Å². The van der Waals surface area contributed by atoms with Gasteiger partial charge in [-0.1, -0.05) is 32.9 Å². The van der Waals surface area contributed by atoms with E-state index < -0.39 is 5.69 Å². The second kappa shape index (κ2) is 7.43. The first kappa shape index (κ1) is 18.4. The van der Waals surface area contributed by atoms with Crippen molar-refractivity contribution in [2.45, 2.75) is 58.9 Å². The number of carbonyl (C=O) groups is 1. The summed E-state index contributed by atoms with van der Waals surface area (Å²) in [4.78, 5) is 33.3. The van der Waals surface area contributed by atoms with E-state index in [4.69, 9.17) is 4.52 Å². The molecular formula is C19H26N4O3. The molecule has 0 saturated carbocycles. The zero-order valence-electron chi connectivity index (χ0n) is 15.8. The second-order valence-corrected chi connectivity index (χ2v) is 7.66. The number of amides is 1. The van der Waals surface area contributed by atoms with Crippen molar-refractivity contribution in [2.24, 2.45) is 5.92 Å². The van der Waals surface area contributed by atoms with Crippen LogP contribution in [0.2, 0.25) is 0 Å². The summed E-state index contributed by atoms with van der Waals surface area (Å²) in [7, 11) is 0. The highest BCUT2D eigenvalue weighted by Gasteiger charge is 2.33. The van der Waals surface area contributed by atoms with E-state index in [0.717, 1.165) is 30.0 Å². The van der Waals surface area contributed by atoms with Crippen molar-refractivity contribution in [3.05, 3.63) is 45.5 Å². The molecule has 0 aromatic carbocycles. The third kappa shape index (κ3) is 3.86. The number of rotatable bonds is 5. The summed E-state index contributed by atoms with van der Waals surface area (Å²) in [5.74, 6) is 1.21. The number of nitrogens with zero attached hydrogens (tertiary/aromatic N) is 3. The lowest BCUT2D eigenvalue weighted by Gasteiger charge is -2.22. The van der Waals surface area contributed by atoms with E-state index in [-0.39, 0.29) is 23.6 Å². The molecule has 1 amide bonds. The minimum Gasteiger partial charge on any atom is -0.361 e. The summed E-state index contributed by atoms with van der Waals surface area (Å²) in [6, 6.07) is 3.49. The Morgan fingerprint density at radius 1 is 1.35 bits per heavy atom. The number of hydrogen-bond acceptors (Lipinski definition) is 5. The summed E-state index contributed by atoms with van der Waals surface area (Å²) in [6.45, 7) is 8.83. The summed E-state index contributed by atoms with van der Waals surface area (Å²) >= 11 is 0. The van der Waals surface area contributed by atoms with Crippen LogP contribution in [-0.2, 0) is 6.42 Å². The summed E-state index contributed by atoms with van der Waals surface area (Å²) < 4.78 is 5.40. The fourth-order valence-electron chi connectivity index (χ4n) is 3.36. The van der Waals surface area contributed by atoms with Crippen LogP contribution in [0.3, 0.4) is 0 Å². The minimum absolute atomic E-state index is 0.131. The molecule has 2 aromatic heterocycles. The number of carbonyl (C=O) groups excluding carboxylic acids is 1. The molecule has 1 aliphatic rings. The molecule has 1 unspecified atom stereocenters. The van der Waals surface area contributed by atoms with Gasteiger partial charge in [-0.05, 0) is 31.2 Å². The molecule has 0 spiro atoms. The lowest BCUT2D eigenvalue weighted by atomic mass is 10.1. The van der Waals surface area contributed by atoms with E-state index >= 15 is 0 Å². The van der Waals surface area contributed by atoms with Crippen LogP contribution >= 0.6 is 0 Å². The van der Waals surface area contributed by atoms with Gasteiger partial charge in [-0.3, -0.25) is 4.79 Å². The van der Waals surface area contributed by atoms with Crippen molar-refractivity contribution in [1.82, 2.24) is 20.0 Å². The average Bonchev–Trinajstić information content (AvgIpc) is 3.21. The van der Waals surface area contributed by atoms with Gasteiger partial charge in [0, 0.05) is 24.2 Å². The highest BCUT2D eigenvalue weighted by atomic mass is 16.5. The van der Waals surface area contributed by atoms with Crippen LogP contribution < -0.4 is 5.69 Å². The fourth-order valence-corrected chi connectivity index (χ4v) is 3.36. The summed E-state index contributed by atoms with van der Waals surface area (Å²) in [5, 5.41) is 4.16. The molecule has 140 valence electrons. The van der Waals surface area contributed by atoms with Crippen LogP contribution in [0.1, 0.15) is 80.1 Å². The van der Waals surface area contributed by atoms with Crippen molar-refractivity contribution in [1.29, 1.82) is 0 Å². The molecule has 1 fully saturated rings. The van der Waals surface area contributed by atoms with Crippen molar-refractivity contribution in [2.75, 3.05) is 6.54 Å². The zero-order chi connectivity index (χ0) is 18.8. The predicted octanol–water partition coefficient (Wildman–Crippen LogP) is 3.06. The van der Waals surface area contributed by atoms with Gasteiger partial charge in [0.15, 0.2) is 0 Å². The Hall–Kier alpha value is -2.44. The minimum atomic E-state index is -0.481. The topological polar surface area (TPSA) is 92.1 Å². The molecule has 0 radical (unpaired) electrons. The number of H-pyrrole nitrogens is 1. The van der Waals surface area contributed by atoms with Gasteiger partial charge >= 0.3 is 5.69 Å². The largest absolute Gasteiger partial charge is 0.361 e. The maximum absolute atomic E-state index is 13.0. The van der Waals surface area contributed by atoms with Gasteiger partial charge in [0.2, 0.25) is 0 Å². The van der Waals surface area contributed by atoms with Gasteiger partial charge in [0.1, 0.15) is 17.1 Å². The number of hydrogen-bond donors (Lipinski definition) is 1. The first-order chi connectivity index (χ1) is 12.3. The normalized spacial score (nSPS) is 17.5. The first-order valence-corrected chi connectivity index (χ1v) is 9.23. The molecule has 7 heteroatoms. The van der Waals surface area contributed by atoms with Crippen LogP contribution in [0.4, 0.5) is 0 Å². The third-order valence-corrected chi connectivity index (χ3v) is 4.62. The Labute approximate surface area is 152 Å². The third-order valence-electron chi connectivity index (χ3n) is 4.62. The maximum atomic E-state index is 13.0. The van der Waals surface area contributed by atoms with E-state index in [9.17, 15) is 9.59 Å². The zero-order valence-corrected chi connectivity index (χ0v) is 15.8. The molecule has 3 heterocycles. The Morgan fingerprint density at radius 2 is 2.12 bits per heavy atom. The molecule has 1 N–H and O–H groups in total. The average molecular weight is 358 g/mol. The molecule has 26 heavy (non-hydrogen) atoms. The quantitative estimate of drug-likeness (QED) is 0.887. The number of nitrogens with one attached hydrogen (secondary N) is 1. The fraction of sp³-hybridized carbons (Fsp3) is 0.579. The lowest BCUT2D eigenvalue weighted by Crippen LogP contribution is -2.33. The van der Waals surface area contributed by atoms with E-state index in [0.29, 0.717) is 18.9 Å². The van der Waals surface area contributed by atoms with Crippen molar-refractivity contribution >= 4 is 5.91 Å². The summed E-state index contributed by atoms with van der Waals surface area (Å²) in [5.41, 5.74) is 1.23. The van der Waals surface area contributed by atoms with Crippen molar-refractivity contribution in [3.63, 3.8) is 0 Å². The van der Waals surface area contributed by atoms with E-state index in [1.807, 2.05) is 19.9 Å². The Bertz CT molecular complexity index is 837. The number of likely N-dealkylation sites (tertiary alicyclic amines) is 1. The van der Waals surface area contributed by atoms with E-state index in [1.54, 1.807) is 11.0 Å². The highest BCUT2D eigenvalue weighted by Crippen LogP contribution is 2.33. The monoisotopic (exact) mass is 358 g/mol. The Kier molecular flexibility index (Phi) is 5.25. The van der Waals surface area contributed by atoms with Gasteiger partial charge < -0.3 is 14.4 Å². The van der Waals surface area contributed by atoms with Crippen LogP contribution in [0.15, 0.2) is 21.5 Å². The van der Waals surface area contributed by atoms with Gasteiger partial charge in [-0.2, -0.15) is 4.98 Å². The maximum Gasteiger partial charge on any atom is 0.345 e. The van der Waals surface area contributed by atoms with Crippen LogP contribution in [-0.4, -0.2) is 32.5 Å². The molecular weight excluding hydrogens is 332 g/mol. The van der Waals surface area contributed by atoms with Gasteiger partial charge in [-0.15, -0.1) is 0 Å². The second-order valence-electron chi connectivity index (χ2n) is 7.66. The smallest absolute Gasteiger partial charge is 0.345 e. The van der Waals surface area contributed by atoms with Crippen molar-refractivity contribution in [3.8, 4) is 0 Å². The molecule has 2 aromatic rings. The van der Waals surface area contributed by atoms with Crippen molar-refractivity contribution < 1.29 is 9.32 Å². The number of aromatic amines is 1. The van der Waals surface area contributed by atoms with E-state index in [1.165, 1.54) is 0 Å². The molecule has 1 saturated heterocycles. The summed E-state index contributed by atoms with van der Waals surface area (Å²) in [6.07, 6.45) is 2.42. The molecule has 0 aliphatic carbocycles. The number of aromatic nitrogens is 3. The highest BCUT2D eigenvalue weighted by molar-refractivity contribution is 5.92.